The van der Waals surface area contributed by atoms with E-state index in [0.29, 0.717) is 19.4 Å². The first kappa shape index (κ1) is 13.2. The van der Waals surface area contributed by atoms with Crippen molar-refractivity contribution in [2.75, 3.05) is 26.2 Å². The summed E-state index contributed by atoms with van der Waals surface area (Å²) in [6.07, 6.45) is -3.94. The van der Waals surface area contributed by atoms with E-state index in [1.165, 1.54) is 0 Å². The first-order valence-electron chi connectivity index (χ1n) is 5.11. The van der Waals surface area contributed by atoms with Crippen molar-refractivity contribution in [3.05, 3.63) is 0 Å². The third kappa shape index (κ3) is 3.97. The highest BCUT2D eigenvalue weighted by Crippen LogP contribution is 2.20. The Balaban J connectivity index is 2.57. The lowest BCUT2D eigenvalue weighted by Crippen LogP contribution is -2.46. The van der Waals surface area contributed by atoms with Gasteiger partial charge in [0.05, 0.1) is 0 Å². The van der Waals surface area contributed by atoms with Crippen LogP contribution in [0.4, 0.5) is 13.2 Å². The van der Waals surface area contributed by atoms with Crippen LogP contribution in [0.15, 0.2) is 0 Å². The molecule has 0 aliphatic carbocycles. The number of nitrogens with two attached hydrogens (primary N) is 1. The van der Waals surface area contributed by atoms with E-state index in [1.807, 2.05) is 0 Å². The fourth-order valence-electron chi connectivity index (χ4n) is 1.62. The average molecular weight is 240 g/mol. The fourth-order valence-corrected chi connectivity index (χ4v) is 1.62. The largest absolute Gasteiger partial charge is 0.406 e. The predicted molar refractivity (Wildman–Crippen MR) is 50.7 cm³/mol. The Hall–Kier alpha value is -0.820. The Bertz CT molecular complexity index is 239. The topological polar surface area (TPSA) is 55.6 Å². The molecule has 16 heavy (non-hydrogen) atoms. The van der Waals surface area contributed by atoms with Gasteiger partial charge in [0.1, 0.15) is 12.6 Å². The lowest BCUT2D eigenvalue weighted by atomic mass is 10.2. The summed E-state index contributed by atoms with van der Waals surface area (Å²) in [5.41, 5.74) is 5.18. The smallest absolute Gasteiger partial charge is 0.368 e. The lowest BCUT2D eigenvalue weighted by molar-refractivity contribution is -0.166. The molecule has 1 fully saturated rings. The third-order valence-corrected chi connectivity index (χ3v) is 2.29. The first-order chi connectivity index (χ1) is 7.44. The number of ether oxygens (including phenoxy) is 1. The van der Waals surface area contributed by atoms with Gasteiger partial charge in [-0.1, -0.05) is 0 Å². The van der Waals surface area contributed by atoms with Gasteiger partial charge in [0.15, 0.2) is 0 Å². The number of carbonyl (C=O) groups is 1. The van der Waals surface area contributed by atoms with Crippen LogP contribution in [0.5, 0.6) is 0 Å². The van der Waals surface area contributed by atoms with Gasteiger partial charge in [0.25, 0.3) is 5.91 Å². The molecule has 1 aliphatic rings. The molecule has 1 heterocycles. The Morgan fingerprint density at radius 1 is 1.50 bits per heavy atom. The van der Waals surface area contributed by atoms with Gasteiger partial charge >= 0.3 is 6.18 Å². The molecule has 4 nitrogen and oxygen atoms in total. The van der Waals surface area contributed by atoms with Gasteiger partial charge in [-0.15, -0.1) is 0 Å². The molecule has 1 atom stereocenters. The SMILES string of the molecule is NCCN(CC(F)(F)F)C(=O)C1CCCO1. The Kier molecular flexibility index (Phi) is 4.55. The zero-order valence-electron chi connectivity index (χ0n) is 8.79. The molecule has 1 saturated heterocycles. The van der Waals surface area contributed by atoms with Crippen LogP contribution in [0.2, 0.25) is 0 Å². The quantitative estimate of drug-likeness (QED) is 0.779. The van der Waals surface area contributed by atoms with Crippen molar-refractivity contribution < 1.29 is 22.7 Å². The number of amides is 1. The summed E-state index contributed by atoms with van der Waals surface area (Å²) in [5, 5.41) is 0. The van der Waals surface area contributed by atoms with Gasteiger partial charge in [-0.3, -0.25) is 4.79 Å². The Labute approximate surface area is 91.5 Å². The van der Waals surface area contributed by atoms with Crippen molar-refractivity contribution in [2.24, 2.45) is 5.73 Å². The van der Waals surface area contributed by atoms with Crippen LogP contribution in [-0.2, 0) is 9.53 Å². The molecule has 0 aromatic rings. The molecule has 7 heteroatoms. The number of carbonyl (C=O) groups excluding carboxylic acids is 1. The molecule has 0 saturated carbocycles. The maximum Gasteiger partial charge on any atom is 0.406 e. The van der Waals surface area contributed by atoms with Crippen molar-refractivity contribution in [1.82, 2.24) is 4.90 Å². The number of halogens is 3. The van der Waals surface area contributed by atoms with Gasteiger partial charge in [0.2, 0.25) is 0 Å². The highest BCUT2D eigenvalue weighted by Gasteiger charge is 2.36. The van der Waals surface area contributed by atoms with Crippen molar-refractivity contribution in [2.45, 2.75) is 25.1 Å². The Morgan fingerprint density at radius 3 is 2.62 bits per heavy atom. The number of hydrogen-bond acceptors (Lipinski definition) is 3. The van der Waals surface area contributed by atoms with E-state index >= 15 is 0 Å². The molecule has 2 N–H and O–H groups in total. The molecule has 0 radical (unpaired) electrons. The summed E-state index contributed by atoms with van der Waals surface area (Å²) < 4.78 is 41.7. The van der Waals surface area contributed by atoms with Gasteiger partial charge in [-0.25, -0.2) is 0 Å². The van der Waals surface area contributed by atoms with Crippen LogP contribution < -0.4 is 5.73 Å². The van der Waals surface area contributed by atoms with Gasteiger partial charge in [-0.05, 0) is 12.8 Å². The second kappa shape index (κ2) is 5.49. The molecule has 94 valence electrons. The summed E-state index contributed by atoms with van der Waals surface area (Å²) in [5.74, 6) is -0.611. The summed E-state index contributed by atoms with van der Waals surface area (Å²) in [6, 6.07) is 0. The van der Waals surface area contributed by atoms with Crippen LogP contribution in [0.3, 0.4) is 0 Å². The van der Waals surface area contributed by atoms with E-state index in [0.717, 1.165) is 4.90 Å². The second-order valence-electron chi connectivity index (χ2n) is 3.67. The van der Waals surface area contributed by atoms with Crippen LogP contribution >= 0.6 is 0 Å². The van der Waals surface area contributed by atoms with Crippen LogP contribution in [0, 0.1) is 0 Å². The molecule has 0 bridgehead atoms. The van der Waals surface area contributed by atoms with E-state index in [4.69, 9.17) is 10.5 Å². The predicted octanol–water partition coefficient (Wildman–Crippen LogP) is 0.515. The molecule has 1 unspecified atom stereocenters. The number of rotatable bonds is 4. The summed E-state index contributed by atoms with van der Waals surface area (Å²) in [4.78, 5) is 12.4. The number of nitrogens with zero attached hydrogens (tertiary/aromatic N) is 1. The van der Waals surface area contributed by atoms with E-state index in [2.05, 4.69) is 0 Å². The van der Waals surface area contributed by atoms with E-state index in [-0.39, 0.29) is 13.1 Å². The van der Waals surface area contributed by atoms with E-state index in [9.17, 15) is 18.0 Å². The third-order valence-electron chi connectivity index (χ3n) is 2.29. The number of alkyl halides is 3. The van der Waals surface area contributed by atoms with Crippen molar-refractivity contribution in [3.8, 4) is 0 Å². The molecule has 0 aromatic heterocycles. The lowest BCUT2D eigenvalue weighted by Gasteiger charge is -2.25. The van der Waals surface area contributed by atoms with Crippen LogP contribution in [0.25, 0.3) is 0 Å². The van der Waals surface area contributed by atoms with Gasteiger partial charge in [0, 0.05) is 19.7 Å². The minimum absolute atomic E-state index is 0.00847. The highest BCUT2D eigenvalue weighted by molar-refractivity contribution is 5.81. The zero-order chi connectivity index (χ0) is 12.2. The molecule has 1 rings (SSSR count). The maximum absolute atomic E-state index is 12.2. The highest BCUT2D eigenvalue weighted by atomic mass is 19.4. The monoisotopic (exact) mass is 240 g/mol. The average Bonchev–Trinajstić information content (AvgIpc) is 2.66. The molecule has 1 amide bonds. The molecule has 0 spiro atoms. The Morgan fingerprint density at radius 2 is 2.19 bits per heavy atom. The fraction of sp³-hybridized carbons (Fsp3) is 0.889. The van der Waals surface area contributed by atoms with Crippen LogP contribution in [-0.4, -0.2) is 49.3 Å². The van der Waals surface area contributed by atoms with Crippen molar-refractivity contribution >= 4 is 5.91 Å². The van der Waals surface area contributed by atoms with Crippen molar-refractivity contribution in [3.63, 3.8) is 0 Å². The standard InChI is InChI=1S/C9H15F3N2O2/c10-9(11,12)6-14(4-3-13)8(15)7-2-1-5-16-7/h7H,1-6,13H2. The summed E-state index contributed by atoms with van der Waals surface area (Å²) in [6.45, 7) is -0.922. The van der Waals surface area contributed by atoms with E-state index in [1.54, 1.807) is 0 Å². The van der Waals surface area contributed by atoms with Crippen LogP contribution in [0.1, 0.15) is 12.8 Å². The minimum Gasteiger partial charge on any atom is -0.368 e. The zero-order valence-corrected chi connectivity index (χ0v) is 8.79. The second-order valence-corrected chi connectivity index (χ2v) is 3.67. The molecule has 1 aliphatic heterocycles. The minimum atomic E-state index is -4.40. The number of hydrogen-bond donors (Lipinski definition) is 1. The molecular formula is C9H15F3N2O2. The molecular weight excluding hydrogens is 225 g/mol. The maximum atomic E-state index is 12.2. The van der Waals surface area contributed by atoms with Crippen molar-refractivity contribution in [1.29, 1.82) is 0 Å². The van der Waals surface area contributed by atoms with E-state index < -0.39 is 24.7 Å². The normalized spacial score (nSPS) is 21.1. The molecule has 0 aromatic carbocycles. The summed E-state index contributed by atoms with van der Waals surface area (Å²) >= 11 is 0. The van der Waals surface area contributed by atoms with Gasteiger partial charge in [-0.2, -0.15) is 13.2 Å². The first-order valence-corrected chi connectivity index (χ1v) is 5.11. The van der Waals surface area contributed by atoms with Gasteiger partial charge < -0.3 is 15.4 Å². The summed E-state index contributed by atoms with van der Waals surface area (Å²) in [7, 11) is 0.